The van der Waals surface area contributed by atoms with Crippen LogP contribution in [-0.2, 0) is 11.2 Å². The van der Waals surface area contributed by atoms with Gasteiger partial charge in [0.2, 0.25) is 0 Å². The van der Waals surface area contributed by atoms with E-state index in [2.05, 4.69) is 19.2 Å². The van der Waals surface area contributed by atoms with Gasteiger partial charge in [0.1, 0.15) is 5.75 Å². The Balaban J connectivity index is 2.28. The Morgan fingerprint density at radius 2 is 1.68 bits per heavy atom. The van der Waals surface area contributed by atoms with Gasteiger partial charge in [0.05, 0.1) is 12.3 Å². The smallest absolute Gasteiger partial charge is 0.321 e. The fourth-order valence-electron chi connectivity index (χ4n) is 3.78. The van der Waals surface area contributed by atoms with Gasteiger partial charge in [-0.3, -0.25) is 9.69 Å². The largest absolute Gasteiger partial charge is 0.493 e. The lowest BCUT2D eigenvalue weighted by atomic mass is 9.98. The lowest BCUT2D eigenvalue weighted by Crippen LogP contribution is -2.38. The summed E-state index contributed by atoms with van der Waals surface area (Å²) in [6.07, 6.45) is 8.14. The lowest BCUT2D eigenvalue weighted by Gasteiger charge is -2.23. The number of carbonyl (C=O) groups excluding carboxylic acids is 1. The number of amides is 2. The van der Waals surface area contributed by atoms with E-state index in [9.17, 15) is 9.59 Å². The number of aryl methyl sites for hydroxylation is 1. The van der Waals surface area contributed by atoms with E-state index in [1.54, 1.807) is 11.9 Å². The highest BCUT2D eigenvalue weighted by atomic mass is 16.5. The van der Waals surface area contributed by atoms with E-state index in [0.717, 1.165) is 53.8 Å². The van der Waals surface area contributed by atoms with Gasteiger partial charge in [0, 0.05) is 31.1 Å². The zero-order chi connectivity index (χ0) is 24.8. The minimum Gasteiger partial charge on any atom is -0.493 e. The number of hydrogen-bond acceptors (Lipinski definition) is 3. The molecule has 0 unspecified atom stereocenters. The first-order chi connectivity index (χ1) is 16.5. The van der Waals surface area contributed by atoms with Crippen LogP contribution in [0.1, 0.15) is 70.8 Å². The summed E-state index contributed by atoms with van der Waals surface area (Å²) in [4.78, 5) is 25.7. The number of carbonyl (C=O) groups is 2. The quantitative estimate of drug-likeness (QED) is 0.286. The highest BCUT2D eigenvalue weighted by molar-refractivity contribution is 5.97. The number of benzene rings is 2. The molecule has 0 aliphatic carbocycles. The Bertz CT molecular complexity index is 913. The summed E-state index contributed by atoms with van der Waals surface area (Å²) < 4.78 is 6.05. The number of nitrogens with one attached hydrogen (secondary N) is 1. The maximum atomic E-state index is 13.0. The van der Waals surface area contributed by atoms with Crippen LogP contribution in [0.15, 0.2) is 42.5 Å². The fraction of sp³-hybridized carbons (Fsp3) is 0.500. The average Bonchev–Trinajstić information content (AvgIpc) is 2.84. The summed E-state index contributed by atoms with van der Waals surface area (Å²) in [5.74, 6) is -0.0605. The molecule has 6 heteroatoms. The van der Waals surface area contributed by atoms with Crippen molar-refractivity contribution in [2.75, 3.05) is 25.1 Å². The van der Waals surface area contributed by atoms with Gasteiger partial charge in [0.25, 0.3) is 0 Å². The second-order valence-corrected chi connectivity index (χ2v) is 8.65. The number of anilines is 1. The van der Waals surface area contributed by atoms with Crippen molar-refractivity contribution in [1.82, 2.24) is 5.32 Å². The molecule has 186 valence electrons. The summed E-state index contributed by atoms with van der Waals surface area (Å²) in [7, 11) is 1.76. The number of hydrogen-bond donors (Lipinski definition) is 2. The van der Waals surface area contributed by atoms with E-state index in [1.165, 1.54) is 19.3 Å². The molecule has 0 aliphatic rings. The number of unbranched alkanes of at least 4 members (excludes halogenated alkanes) is 5. The number of ether oxygens (including phenoxy) is 1. The molecular weight excluding hydrogens is 428 g/mol. The van der Waals surface area contributed by atoms with Crippen LogP contribution in [0.4, 0.5) is 10.5 Å². The molecule has 0 fully saturated rings. The van der Waals surface area contributed by atoms with E-state index in [0.29, 0.717) is 19.6 Å². The van der Waals surface area contributed by atoms with Crippen molar-refractivity contribution in [3.8, 4) is 16.9 Å². The summed E-state index contributed by atoms with van der Waals surface area (Å²) in [6, 6.07) is 13.5. The Morgan fingerprint density at radius 3 is 2.41 bits per heavy atom. The van der Waals surface area contributed by atoms with Crippen molar-refractivity contribution in [1.29, 1.82) is 0 Å². The molecule has 2 rings (SSSR count). The summed E-state index contributed by atoms with van der Waals surface area (Å²) in [5.41, 5.74) is 3.41. The van der Waals surface area contributed by atoms with E-state index in [1.807, 2.05) is 42.5 Å². The third-order valence-corrected chi connectivity index (χ3v) is 5.84. The molecule has 2 aromatic rings. The Hall–Kier alpha value is -3.02. The van der Waals surface area contributed by atoms with E-state index < -0.39 is 5.97 Å². The van der Waals surface area contributed by atoms with Gasteiger partial charge >= 0.3 is 12.0 Å². The SMILES string of the molecule is CCCCCCCNC(=O)N(C)c1cc(CCC(=O)O)ccc1-c1ccccc1OCCCC. The van der Waals surface area contributed by atoms with E-state index in [4.69, 9.17) is 9.84 Å². The van der Waals surface area contributed by atoms with Crippen molar-refractivity contribution in [3.63, 3.8) is 0 Å². The summed E-state index contributed by atoms with van der Waals surface area (Å²) in [6.45, 7) is 5.58. The van der Waals surface area contributed by atoms with Crippen molar-refractivity contribution >= 4 is 17.7 Å². The molecule has 0 saturated carbocycles. The molecule has 2 N–H and O–H groups in total. The Labute approximate surface area is 204 Å². The van der Waals surface area contributed by atoms with Crippen LogP contribution in [-0.4, -0.2) is 37.3 Å². The molecule has 0 radical (unpaired) electrons. The maximum absolute atomic E-state index is 13.0. The van der Waals surface area contributed by atoms with Crippen LogP contribution in [0, 0.1) is 0 Å². The number of rotatable bonds is 15. The van der Waals surface area contributed by atoms with E-state index >= 15 is 0 Å². The minimum absolute atomic E-state index is 0.0448. The van der Waals surface area contributed by atoms with Crippen LogP contribution < -0.4 is 15.0 Å². The zero-order valence-electron chi connectivity index (χ0n) is 20.9. The van der Waals surface area contributed by atoms with Crippen molar-refractivity contribution in [3.05, 3.63) is 48.0 Å². The average molecular weight is 469 g/mol. The van der Waals surface area contributed by atoms with Gasteiger partial charge in [-0.15, -0.1) is 0 Å². The lowest BCUT2D eigenvalue weighted by molar-refractivity contribution is -0.136. The molecule has 0 atom stereocenters. The molecule has 0 spiro atoms. The summed E-state index contributed by atoms with van der Waals surface area (Å²) >= 11 is 0. The zero-order valence-corrected chi connectivity index (χ0v) is 20.9. The van der Waals surface area contributed by atoms with Gasteiger partial charge in [-0.05, 0) is 37.0 Å². The predicted molar refractivity (Wildman–Crippen MR) is 139 cm³/mol. The third kappa shape index (κ3) is 8.73. The Morgan fingerprint density at radius 1 is 0.941 bits per heavy atom. The van der Waals surface area contributed by atoms with Crippen LogP contribution in [0.5, 0.6) is 5.75 Å². The van der Waals surface area contributed by atoms with Crippen molar-refractivity contribution in [2.45, 2.75) is 71.6 Å². The van der Waals surface area contributed by atoms with Crippen LogP contribution in [0.3, 0.4) is 0 Å². The third-order valence-electron chi connectivity index (χ3n) is 5.84. The molecule has 0 saturated heterocycles. The normalized spacial score (nSPS) is 10.7. The molecule has 0 heterocycles. The fourth-order valence-corrected chi connectivity index (χ4v) is 3.78. The van der Waals surface area contributed by atoms with Crippen molar-refractivity contribution < 1.29 is 19.4 Å². The number of para-hydroxylation sites is 1. The van der Waals surface area contributed by atoms with Gasteiger partial charge < -0.3 is 15.2 Å². The highest BCUT2D eigenvalue weighted by Crippen LogP contribution is 2.37. The molecule has 6 nitrogen and oxygen atoms in total. The molecule has 2 aromatic carbocycles. The number of carboxylic acids is 1. The molecule has 2 amide bonds. The highest BCUT2D eigenvalue weighted by Gasteiger charge is 2.18. The number of aliphatic carboxylic acids is 1. The maximum Gasteiger partial charge on any atom is 0.321 e. The first kappa shape index (κ1) is 27.2. The Kier molecular flexibility index (Phi) is 12.0. The first-order valence-corrected chi connectivity index (χ1v) is 12.6. The standard InChI is InChI=1S/C28H40N2O4/c1-4-6-8-9-12-19-29-28(33)30(3)25-21-22(16-18-27(31)32)15-17-23(25)24-13-10-11-14-26(24)34-20-7-5-2/h10-11,13-15,17,21H,4-9,12,16,18-20H2,1-3H3,(H,29,33)(H,31,32). The molecule has 34 heavy (non-hydrogen) atoms. The first-order valence-electron chi connectivity index (χ1n) is 12.6. The van der Waals surface area contributed by atoms with Gasteiger partial charge in [0.15, 0.2) is 0 Å². The molecule has 0 aromatic heterocycles. The van der Waals surface area contributed by atoms with E-state index in [-0.39, 0.29) is 12.5 Å². The van der Waals surface area contributed by atoms with Gasteiger partial charge in [-0.1, -0.05) is 76.3 Å². The molecule has 0 bridgehead atoms. The van der Waals surface area contributed by atoms with Gasteiger partial charge in [-0.25, -0.2) is 4.79 Å². The van der Waals surface area contributed by atoms with Crippen LogP contribution >= 0.6 is 0 Å². The number of nitrogens with zero attached hydrogens (tertiary/aromatic N) is 1. The predicted octanol–water partition coefficient (Wildman–Crippen LogP) is 6.67. The minimum atomic E-state index is -0.838. The molecular formula is C28H40N2O4. The second kappa shape index (κ2) is 15.0. The topological polar surface area (TPSA) is 78.9 Å². The van der Waals surface area contributed by atoms with Crippen molar-refractivity contribution in [2.24, 2.45) is 0 Å². The van der Waals surface area contributed by atoms with Crippen LogP contribution in [0.2, 0.25) is 0 Å². The van der Waals surface area contributed by atoms with Crippen LogP contribution in [0.25, 0.3) is 11.1 Å². The van der Waals surface area contributed by atoms with Gasteiger partial charge in [-0.2, -0.15) is 0 Å². The second-order valence-electron chi connectivity index (χ2n) is 8.65. The summed E-state index contributed by atoms with van der Waals surface area (Å²) in [5, 5.41) is 12.1. The number of urea groups is 1. The number of carboxylic acid groups (broad SMARTS) is 1. The molecule has 0 aliphatic heterocycles. The monoisotopic (exact) mass is 468 g/mol.